The van der Waals surface area contributed by atoms with E-state index in [0.29, 0.717) is 12.5 Å². The first-order chi connectivity index (χ1) is 10.9. The lowest BCUT2D eigenvalue weighted by atomic mass is 10.1. The molecule has 1 aliphatic rings. The summed E-state index contributed by atoms with van der Waals surface area (Å²) in [5, 5.41) is 9.21. The minimum atomic E-state index is -0.222. The number of guanidine groups is 1. The van der Waals surface area contributed by atoms with Crippen LogP contribution in [0.3, 0.4) is 0 Å². The van der Waals surface area contributed by atoms with Gasteiger partial charge in [0.05, 0.1) is 6.54 Å². The Morgan fingerprint density at radius 1 is 1.17 bits per heavy atom. The Balaban J connectivity index is 1.80. The number of carbonyl (C=O) groups excluding carboxylic acids is 1. The Bertz CT molecular complexity index is 587. The molecule has 0 aromatic heterocycles. The normalized spacial score (nSPS) is 14.3. The van der Waals surface area contributed by atoms with E-state index in [1.807, 2.05) is 20.8 Å². The number of carbonyl (C=O) groups is 1. The number of nitrogens with zero attached hydrogens (tertiary/aromatic N) is 1. The second-order valence-electron chi connectivity index (χ2n) is 7.03. The van der Waals surface area contributed by atoms with Gasteiger partial charge in [0.1, 0.15) is 0 Å². The molecule has 0 fully saturated rings. The molecule has 0 heterocycles. The first-order valence-electron chi connectivity index (χ1n) is 8.23. The summed E-state index contributed by atoms with van der Waals surface area (Å²) in [6, 6.07) is 6.66. The van der Waals surface area contributed by atoms with Crippen LogP contribution < -0.4 is 16.0 Å². The van der Waals surface area contributed by atoms with E-state index in [9.17, 15) is 4.79 Å². The molecule has 1 amide bonds. The van der Waals surface area contributed by atoms with Crippen molar-refractivity contribution < 1.29 is 4.79 Å². The molecule has 1 aromatic rings. The summed E-state index contributed by atoms with van der Waals surface area (Å²) < 4.78 is 0. The minimum absolute atomic E-state index is 0.0435. The van der Waals surface area contributed by atoms with Gasteiger partial charge in [-0.25, -0.2) is 0 Å². The first kappa shape index (κ1) is 17.3. The molecule has 126 valence electrons. The molecule has 0 radical (unpaired) electrons. The molecule has 5 heteroatoms. The molecule has 0 atom stereocenters. The van der Waals surface area contributed by atoms with Gasteiger partial charge < -0.3 is 16.0 Å². The Hall–Kier alpha value is -2.04. The lowest BCUT2D eigenvalue weighted by molar-refractivity contribution is -0.121. The van der Waals surface area contributed by atoms with Crippen molar-refractivity contribution in [1.82, 2.24) is 16.0 Å². The van der Waals surface area contributed by atoms with Crippen LogP contribution in [0.1, 0.15) is 43.9 Å². The number of hydrogen-bond donors (Lipinski definition) is 3. The fraction of sp³-hybridized carbons (Fsp3) is 0.556. The number of aliphatic imine (C=N–C) groups is 1. The van der Waals surface area contributed by atoms with E-state index < -0.39 is 0 Å². The van der Waals surface area contributed by atoms with Gasteiger partial charge >= 0.3 is 0 Å². The highest BCUT2D eigenvalue weighted by Crippen LogP contribution is 2.22. The van der Waals surface area contributed by atoms with E-state index >= 15 is 0 Å². The van der Waals surface area contributed by atoms with Crippen LogP contribution >= 0.6 is 0 Å². The Kier molecular flexibility index (Phi) is 5.64. The van der Waals surface area contributed by atoms with Crippen molar-refractivity contribution in [3.05, 3.63) is 34.9 Å². The smallest absolute Gasteiger partial charge is 0.239 e. The van der Waals surface area contributed by atoms with Crippen molar-refractivity contribution in [2.75, 3.05) is 13.6 Å². The highest BCUT2D eigenvalue weighted by atomic mass is 16.2. The number of hydrogen-bond acceptors (Lipinski definition) is 2. The molecule has 0 saturated heterocycles. The summed E-state index contributed by atoms with van der Waals surface area (Å²) in [4.78, 5) is 16.0. The molecule has 5 nitrogen and oxygen atoms in total. The van der Waals surface area contributed by atoms with Gasteiger partial charge in [-0.2, -0.15) is 0 Å². The molecule has 0 saturated carbocycles. The molecule has 1 aliphatic carbocycles. The monoisotopic (exact) mass is 316 g/mol. The van der Waals surface area contributed by atoms with E-state index in [1.165, 1.54) is 36.0 Å². The first-order valence-corrected chi connectivity index (χ1v) is 8.23. The van der Waals surface area contributed by atoms with E-state index in [4.69, 9.17) is 0 Å². The maximum atomic E-state index is 11.8. The van der Waals surface area contributed by atoms with Gasteiger partial charge in [-0.15, -0.1) is 0 Å². The van der Waals surface area contributed by atoms with Gasteiger partial charge in [0.25, 0.3) is 0 Å². The van der Waals surface area contributed by atoms with Crippen LogP contribution in [0.25, 0.3) is 0 Å². The van der Waals surface area contributed by atoms with E-state index in [1.54, 1.807) is 7.05 Å². The van der Waals surface area contributed by atoms with Crippen molar-refractivity contribution in [1.29, 1.82) is 0 Å². The SMILES string of the molecule is CN=C(NCC(=O)NC(C)(C)C)NCc1ccc2c(c1)CCC2. The third kappa shape index (κ3) is 5.58. The van der Waals surface area contributed by atoms with Gasteiger partial charge in [0.2, 0.25) is 5.91 Å². The average molecular weight is 316 g/mol. The van der Waals surface area contributed by atoms with Crippen LogP contribution in [-0.4, -0.2) is 31.0 Å². The Morgan fingerprint density at radius 3 is 2.61 bits per heavy atom. The zero-order chi connectivity index (χ0) is 16.9. The third-order valence-corrected chi connectivity index (χ3v) is 3.78. The van der Waals surface area contributed by atoms with Gasteiger partial charge in [-0.3, -0.25) is 9.79 Å². The fourth-order valence-electron chi connectivity index (χ4n) is 2.77. The van der Waals surface area contributed by atoms with Crippen molar-refractivity contribution in [3.8, 4) is 0 Å². The molecule has 0 spiro atoms. The van der Waals surface area contributed by atoms with Gasteiger partial charge in [0.15, 0.2) is 5.96 Å². The molecule has 23 heavy (non-hydrogen) atoms. The second-order valence-corrected chi connectivity index (χ2v) is 7.03. The summed E-state index contributed by atoms with van der Waals surface area (Å²) in [6.07, 6.45) is 3.65. The largest absolute Gasteiger partial charge is 0.352 e. The van der Waals surface area contributed by atoms with Crippen LogP contribution in [0.5, 0.6) is 0 Å². The molecule has 0 bridgehead atoms. The molecule has 1 aromatic carbocycles. The quantitative estimate of drug-likeness (QED) is 0.586. The van der Waals surface area contributed by atoms with Gasteiger partial charge in [-0.05, 0) is 56.7 Å². The lowest BCUT2D eigenvalue weighted by Crippen LogP contribution is -2.48. The molecular weight excluding hydrogens is 288 g/mol. The van der Waals surface area contributed by atoms with E-state index in [0.717, 1.165) is 0 Å². The standard InChI is InChI=1S/C18H28N4O/c1-18(2,3)22-16(23)12-21-17(19-4)20-11-13-8-9-14-6-5-7-15(14)10-13/h8-10H,5-7,11-12H2,1-4H3,(H,22,23)(H2,19,20,21). The summed E-state index contributed by atoms with van der Waals surface area (Å²) in [6.45, 7) is 6.80. The number of amides is 1. The molecule has 0 aliphatic heterocycles. The second kappa shape index (κ2) is 7.49. The highest BCUT2D eigenvalue weighted by Gasteiger charge is 2.14. The molecule has 0 unspecified atom stereocenters. The van der Waals surface area contributed by atoms with E-state index in [-0.39, 0.29) is 18.0 Å². The number of benzene rings is 1. The predicted octanol–water partition coefficient (Wildman–Crippen LogP) is 1.76. The summed E-state index contributed by atoms with van der Waals surface area (Å²) >= 11 is 0. The summed E-state index contributed by atoms with van der Waals surface area (Å²) in [5.74, 6) is 0.590. The maximum Gasteiger partial charge on any atom is 0.239 e. The van der Waals surface area contributed by atoms with Crippen molar-refractivity contribution in [3.63, 3.8) is 0 Å². The third-order valence-electron chi connectivity index (χ3n) is 3.78. The minimum Gasteiger partial charge on any atom is -0.352 e. The Labute approximate surface area is 139 Å². The zero-order valence-electron chi connectivity index (χ0n) is 14.6. The fourth-order valence-corrected chi connectivity index (χ4v) is 2.77. The van der Waals surface area contributed by atoms with Crippen molar-refractivity contribution in [2.24, 2.45) is 4.99 Å². The predicted molar refractivity (Wildman–Crippen MR) is 94.6 cm³/mol. The average Bonchev–Trinajstić information content (AvgIpc) is 2.93. The highest BCUT2D eigenvalue weighted by molar-refractivity contribution is 5.86. The number of fused-ring (bicyclic) bond motifs is 1. The zero-order valence-corrected chi connectivity index (χ0v) is 14.6. The van der Waals surface area contributed by atoms with Crippen LogP contribution in [0, 0.1) is 0 Å². The molecular formula is C18H28N4O. The number of rotatable bonds is 4. The number of nitrogens with one attached hydrogen (secondary N) is 3. The molecule has 3 N–H and O–H groups in total. The van der Waals surface area contributed by atoms with Crippen LogP contribution in [0.15, 0.2) is 23.2 Å². The van der Waals surface area contributed by atoms with E-state index in [2.05, 4.69) is 39.1 Å². The maximum absolute atomic E-state index is 11.8. The lowest BCUT2D eigenvalue weighted by Gasteiger charge is -2.21. The van der Waals surface area contributed by atoms with Crippen LogP contribution in [-0.2, 0) is 24.2 Å². The van der Waals surface area contributed by atoms with Crippen molar-refractivity contribution >= 4 is 11.9 Å². The number of aryl methyl sites for hydroxylation is 2. The van der Waals surface area contributed by atoms with Crippen LogP contribution in [0.4, 0.5) is 0 Å². The Morgan fingerprint density at radius 2 is 1.91 bits per heavy atom. The topological polar surface area (TPSA) is 65.5 Å². The summed E-state index contributed by atoms with van der Waals surface area (Å²) in [5.41, 5.74) is 3.97. The van der Waals surface area contributed by atoms with Gasteiger partial charge in [0, 0.05) is 19.1 Å². The summed E-state index contributed by atoms with van der Waals surface area (Å²) in [7, 11) is 1.71. The van der Waals surface area contributed by atoms with Crippen molar-refractivity contribution in [2.45, 2.75) is 52.1 Å². The van der Waals surface area contributed by atoms with Gasteiger partial charge in [-0.1, -0.05) is 18.2 Å². The van der Waals surface area contributed by atoms with Crippen LogP contribution in [0.2, 0.25) is 0 Å². The molecule has 2 rings (SSSR count).